The summed E-state index contributed by atoms with van der Waals surface area (Å²) in [5, 5.41) is 0. The van der Waals surface area contributed by atoms with Crippen molar-refractivity contribution in [2.45, 2.75) is 20.4 Å². The molecule has 0 aliphatic rings. The molecule has 2 N–H and O–H groups in total. The molecule has 24 heavy (non-hydrogen) atoms. The molecule has 5 nitrogen and oxygen atoms in total. The molecule has 2 aromatic rings. The number of carbonyl (C=O) groups excluding carboxylic acids is 2. The van der Waals surface area contributed by atoms with E-state index in [1.807, 2.05) is 26.0 Å². The van der Waals surface area contributed by atoms with Crippen LogP contribution in [0.2, 0.25) is 0 Å². The zero-order chi connectivity index (χ0) is 17.9. The summed E-state index contributed by atoms with van der Waals surface area (Å²) in [6, 6.07) is 10.5. The van der Waals surface area contributed by atoms with Crippen LogP contribution in [0.5, 0.6) is 5.75 Å². The molecule has 0 heterocycles. The molecule has 0 radical (unpaired) electrons. The summed E-state index contributed by atoms with van der Waals surface area (Å²) in [4.78, 5) is 25.4. The van der Waals surface area contributed by atoms with E-state index in [1.165, 1.54) is 6.07 Å². The van der Waals surface area contributed by atoms with Gasteiger partial charge in [0.2, 0.25) is 5.91 Å². The van der Waals surface area contributed by atoms with Crippen LogP contribution >= 0.6 is 0 Å². The second-order valence-corrected chi connectivity index (χ2v) is 5.87. The van der Waals surface area contributed by atoms with Crippen molar-refractivity contribution >= 4 is 11.8 Å². The van der Waals surface area contributed by atoms with Crippen molar-refractivity contribution in [1.29, 1.82) is 0 Å². The molecule has 0 saturated heterocycles. The fourth-order valence-corrected chi connectivity index (χ4v) is 2.82. The van der Waals surface area contributed by atoms with E-state index in [-0.39, 0.29) is 5.91 Å². The molecule has 2 amide bonds. The second kappa shape index (κ2) is 7.17. The van der Waals surface area contributed by atoms with Gasteiger partial charge in [0.1, 0.15) is 5.75 Å². The second-order valence-electron chi connectivity index (χ2n) is 5.87. The molecule has 0 atom stereocenters. The lowest BCUT2D eigenvalue weighted by Crippen LogP contribution is -2.26. The van der Waals surface area contributed by atoms with Crippen molar-refractivity contribution in [2.75, 3.05) is 14.2 Å². The van der Waals surface area contributed by atoms with E-state index in [0.29, 0.717) is 17.7 Å². The Hall–Kier alpha value is -2.82. The molecule has 0 aromatic heterocycles. The molecule has 2 rings (SSSR count). The number of ether oxygens (including phenoxy) is 1. The number of rotatable bonds is 5. The molecule has 0 unspecified atom stereocenters. The number of carbonyl (C=O) groups is 2. The van der Waals surface area contributed by atoms with Crippen LogP contribution in [0.1, 0.15) is 37.4 Å². The summed E-state index contributed by atoms with van der Waals surface area (Å²) in [6.07, 6.45) is 0. The van der Waals surface area contributed by atoms with E-state index < -0.39 is 5.91 Å². The standard InChI is InChI=1S/C19H22N2O3/c1-12-8-14(9-13(2)17(12)24-4)11-21(3)19(23)16-7-5-6-15(10-16)18(20)22/h5-10H,11H2,1-4H3,(H2,20,22). The Kier molecular flexibility index (Phi) is 5.24. The molecule has 0 spiro atoms. The summed E-state index contributed by atoms with van der Waals surface area (Å²) in [5.74, 6) is 0.153. The van der Waals surface area contributed by atoms with Crippen molar-refractivity contribution < 1.29 is 14.3 Å². The van der Waals surface area contributed by atoms with E-state index >= 15 is 0 Å². The maximum atomic E-state index is 12.6. The molecular formula is C19H22N2O3. The molecule has 0 fully saturated rings. The van der Waals surface area contributed by atoms with Crippen molar-refractivity contribution in [3.63, 3.8) is 0 Å². The van der Waals surface area contributed by atoms with Crippen LogP contribution in [-0.4, -0.2) is 30.9 Å². The number of amides is 2. The molecule has 126 valence electrons. The molecule has 0 aliphatic carbocycles. The lowest BCUT2D eigenvalue weighted by molar-refractivity contribution is 0.0785. The maximum Gasteiger partial charge on any atom is 0.253 e. The first-order chi connectivity index (χ1) is 11.3. The smallest absolute Gasteiger partial charge is 0.253 e. The van der Waals surface area contributed by atoms with Gasteiger partial charge in [-0.05, 0) is 48.7 Å². The van der Waals surface area contributed by atoms with Gasteiger partial charge in [-0.25, -0.2) is 0 Å². The largest absolute Gasteiger partial charge is 0.496 e. The number of benzene rings is 2. The monoisotopic (exact) mass is 326 g/mol. The minimum absolute atomic E-state index is 0.163. The fourth-order valence-electron chi connectivity index (χ4n) is 2.82. The van der Waals surface area contributed by atoms with Crippen molar-refractivity contribution in [1.82, 2.24) is 4.90 Å². The number of nitrogens with two attached hydrogens (primary N) is 1. The van der Waals surface area contributed by atoms with Crippen LogP contribution in [0, 0.1) is 13.8 Å². The average molecular weight is 326 g/mol. The van der Waals surface area contributed by atoms with Gasteiger partial charge in [0, 0.05) is 24.7 Å². The summed E-state index contributed by atoms with van der Waals surface area (Å²) in [7, 11) is 3.38. The fraction of sp³-hybridized carbons (Fsp3) is 0.263. The third-order valence-electron chi connectivity index (χ3n) is 3.88. The van der Waals surface area contributed by atoms with Crippen LogP contribution in [0.3, 0.4) is 0 Å². The van der Waals surface area contributed by atoms with Crippen LogP contribution in [-0.2, 0) is 6.54 Å². The van der Waals surface area contributed by atoms with Crippen molar-refractivity contribution in [3.05, 3.63) is 64.2 Å². The number of methoxy groups -OCH3 is 1. The van der Waals surface area contributed by atoms with Gasteiger partial charge in [0.15, 0.2) is 0 Å². The lowest BCUT2D eigenvalue weighted by Gasteiger charge is -2.19. The Morgan fingerprint density at radius 2 is 1.67 bits per heavy atom. The first-order valence-corrected chi connectivity index (χ1v) is 7.63. The first kappa shape index (κ1) is 17.5. The topological polar surface area (TPSA) is 72.6 Å². The minimum atomic E-state index is -0.547. The van der Waals surface area contributed by atoms with Gasteiger partial charge in [-0.3, -0.25) is 9.59 Å². The van der Waals surface area contributed by atoms with Crippen LogP contribution in [0.4, 0.5) is 0 Å². The van der Waals surface area contributed by atoms with Crippen LogP contribution in [0.15, 0.2) is 36.4 Å². The van der Waals surface area contributed by atoms with Crippen LogP contribution < -0.4 is 10.5 Å². The highest BCUT2D eigenvalue weighted by atomic mass is 16.5. The molecule has 5 heteroatoms. The number of hydrogen-bond acceptors (Lipinski definition) is 3. The number of hydrogen-bond donors (Lipinski definition) is 1. The van der Waals surface area contributed by atoms with E-state index in [2.05, 4.69) is 0 Å². The van der Waals surface area contributed by atoms with E-state index in [9.17, 15) is 9.59 Å². The summed E-state index contributed by atoms with van der Waals surface area (Å²) in [6.45, 7) is 4.42. The molecule has 2 aromatic carbocycles. The highest BCUT2D eigenvalue weighted by Gasteiger charge is 2.15. The van der Waals surface area contributed by atoms with Crippen molar-refractivity contribution in [3.8, 4) is 5.75 Å². The minimum Gasteiger partial charge on any atom is -0.496 e. The number of aryl methyl sites for hydroxylation is 2. The first-order valence-electron chi connectivity index (χ1n) is 7.63. The zero-order valence-corrected chi connectivity index (χ0v) is 14.4. The van der Waals surface area contributed by atoms with Gasteiger partial charge >= 0.3 is 0 Å². The Bertz CT molecular complexity index is 761. The SMILES string of the molecule is COc1c(C)cc(CN(C)C(=O)c2cccc(C(N)=O)c2)cc1C. The zero-order valence-electron chi connectivity index (χ0n) is 14.4. The van der Waals surface area contributed by atoms with Crippen molar-refractivity contribution in [2.24, 2.45) is 5.73 Å². The predicted molar refractivity (Wildman–Crippen MR) is 93.2 cm³/mol. The molecule has 0 aliphatic heterocycles. The summed E-state index contributed by atoms with van der Waals surface area (Å²) in [5.41, 5.74) is 9.12. The van der Waals surface area contributed by atoms with Crippen LogP contribution in [0.25, 0.3) is 0 Å². The normalized spacial score (nSPS) is 10.3. The summed E-state index contributed by atoms with van der Waals surface area (Å²) >= 11 is 0. The van der Waals surface area contributed by atoms with E-state index in [0.717, 1.165) is 22.4 Å². The van der Waals surface area contributed by atoms with E-state index in [4.69, 9.17) is 10.5 Å². The van der Waals surface area contributed by atoms with Gasteiger partial charge in [0.25, 0.3) is 5.91 Å². The highest BCUT2D eigenvalue weighted by molar-refractivity contribution is 5.98. The van der Waals surface area contributed by atoms with Gasteiger partial charge in [-0.2, -0.15) is 0 Å². The predicted octanol–water partition coefficient (Wildman–Crippen LogP) is 2.68. The Morgan fingerprint density at radius 1 is 1.08 bits per heavy atom. The van der Waals surface area contributed by atoms with Gasteiger partial charge in [-0.1, -0.05) is 18.2 Å². The maximum absolute atomic E-state index is 12.6. The molecule has 0 saturated carbocycles. The average Bonchev–Trinajstić information content (AvgIpc) is 2.54. The van der Waals surface area contributed by atoms with E-state index in [1.54, 1.807) is 37.3 Å². The number of nitrogens with zero attached hydrogens (tertiary/aromatic N) is 1. The third-order valence-corrected chi connectivity index (χ3v) is 3.88. The Labute approximate surface area is 142 Å². The molecular weight excluding hydrogens is 304 g/mol. The molecule has 0 bridgehead atoms. The highest BCUT2D eigenvalue weighted by Crippen LogP contribution is 2.25. The number of primary amides is 1. The quantitative estimate of drug-likeness (QED) is 0.918. The van der Waals surface area contributed by atoms with Gasteiger partial charge < -0.3 is 15.4 Å². The van der Waals surface area contributed by atoms with Gasteiger partial charge in [0.05, 0.1) is 7.11 Å². The Morgan fingerprint density at radius 3 is 2.21 bits per heavy atom. The van der Waals surface area contributed by atoms with Gasteiger partial charge in [-0.15, -0.1) is 0 Å². The lowest BCUT2D eigenvalue weighted by atomic mass is 10.0. The third kappa shape index (κ3) is 3.74. The summed E-state index contributed by atoms with van der Waals surface area (Å²) < 4.78 is 5.36. The Balaban J connectivity index is 2.20.